The summed E-state index contributed by atoms with van der Waals surface area (Å²) in [5.74, 6) is -0.584. The lowest BCUT2D eigenvalue weighted by Crippen LogP contribution is -2.02. The van der Waals surface area contributed by atoms with Gasteiger partial charge in [-0.05, 0) is 0 Å². The summed E-state index contributed by atoms with van der Waals surface area (Å²) in [6.07, 6.45) is 1.32. The van der Waals surface area contributed by atoms with Gasteiger partial charge in [-0.25, -0.2) is 4.39 Å². The van der Waals surface area contributed by atoms with Crippen molar-refractivity contribution in [2.45, 2.75) is 0 Å². The molecule has 0 aliphatic carbocycles. The van der Waals surface area contributed by atoms with Crippen LogP contribution >= 0.6 is 11.6 Å². The van der Waals surface area contributed by atoms with Gasteiger partial charge >= 0.3 is 0 Å². The van der Waals surface area contributed by atoms with Gasteiger partial charge < -0.3 is 5.73 Å². The molecule has 0 fully saturated rings. The van der Waals surface area contributed by atoms with Crippen LogP contribution in [0.5, 0.6) is 0 Å². The summed E-state index contributed by atoms with van der Waals surface area (Å²) in [6.45, 7) is 6.64. The smallest absolute Gasteiger partial charge is 0.145 e. The molecule has 0 heterocycles. The van der Waals surface area contributed by atoms with Crippen molar-refractivity contribution in [1.82, 2.24) is 0 Å². The van der Waals surface area contributed by atoms with E-state index in [2.05, 4.69) is 13.2 Å². The van der Waals surface area contributed by atoms with Gasteiger partial charge in [0.2, 0.25) is 0 Å². The largest absolute Gasteiger partial charge is 0.326 e. The Hall–Kier alpha value is -0.600. The molecule has 0 atom stereocenters. The first kappa shape index (κ1) is 9.40. The van der Waals surface area contributed by atoms with Crippen molar-refractivity contribution in [2.75, 3.05) is 6.54 Å². The molecule has 0 amide bonds. The van der Waals surface area contributed by atoms with E-state index in [0.29, 0.717) is 0 Å². The molecule has 0 aliphatic rings. The van der Waals surface area contributed by atoms with Gasteiger partial charge in [0, 0.05) is 12.1 Å². The van der Waals surface area contributed by atoms with Gasteiger partial charge in [-0.1, -0.05) is 30.8 Å². The second kappa shape index (κ2) is 4.25. The molecule has 3 heteroatoms. The standard InChI is InChI=1S/C7H9ClFN/c1-3-6(4-10)7(9)5(2)8/h3H,1-2,4,10H2/b7-6-. The first-order chi connectivity index (χ1) is 4.63. The molecule has 0 spiro atoms. The van der Waals surface area contributed by atoms with Crippen LogP contribution < -0.4 is 5.73 Å². The monoisotopic (exact) mass is 161 g/mol. The molecule has 0 bridgehead atoms. The lowest BCUT2D eigenvalue weighted by molar-refractivity contribution is 0.651. The summed E-state index contributed by atoms with van der Waals surface area (Å²) in [5.41, 5.74) is 5.43. The first-order valence-electron chi connectivity index (χ1n) is 2.69. The van der Waals surface area contributed by atoms with Crippen molar-refractivity contribution in [2.24, 2.45) is 5.73 Å². The zero-order valence-corrected chi connectivity index (χ0v) is 6.29. The Kier molecular flexibility index (Phi) is 4.00. The third kappa shape index (κ3) is 2.33. The SMILES string of the molecule is C=C/C(CN)=C(/F)C(=C)Cl. The molecule has 0 saturated heterocycles. The molecule has 0 saturated carbocycles. The van der Waals surface area contributed by atoms with Gasteiger partial charge in [-0.2, -0.15) is 0 Å². The maximum Gasteiger partial charge on any atom is 0.145 e. The Bertz CT molecular complexity index is 184. The highest BCUT2D eigenvalue weighted by Crippen LogP contribution is 2.17. The third-order valence-corrected chi connectivity index (χ3v) is 1.15. The van der Waals surface area contributed by atoms with Crippen LogP contribution in [0.15, 0.2) is 35.7 Å². The van der Waals surface area contributed by atoms with Crippen LogP contribution in [-0.2, 0) is 0 Å². The van der Waals surface area contributed by atoms with Crippen LogP contribution in [0, 0.1) is 0 Å². The fourth-order valence-corrected chi connectivity index (χ4v) is 0.558. The number of rotatable bonds is 3. The molecule has 0 aromatic heterocycles. The van der Waals surface area contributed by atoms with Crippen LogP contribution in [0.3, 0.4) is 0 Å². The first-order valence-corrected chi connectivity index (χ1v) is 3.07. The van der Waals surface area contributed by atoms with Crippen molar-refractivity contribution >= 4 is 11.6 Å². The minimum Gasteiger partial charge on any atom is -0.326 e. The van der Waals surface area contributed by atoms with E-state index in [0.717, 1.165) is 0 Å². The summed E-state index contributed by atoms with van der Waals surface area (Å²) < 4.78 is 12.7. The van der Waals surface area contributed by atoms with Gasteiger partial charge in [-0.15, -0.1) is 0 Å². The van der Waals surface area contributed by atoms with E-state index in [9.17, 15) is 4.39 Å². The average Bonchev–Trinajstić information content (AvgIpc) is 1.90. The van der Waals surface area contributed by atoms with E-state index in [-0.39, 0.29) is 17.2 Å². The predicted octanol–water partition coefficient (Wildman–Crippen LogP) is 2.11. The van der Waals surface area contributed by atoms with Gasteiger partial charge in [-0.3, -0.25) is 0 Å². The Morgan fingerprint density at radius 2 is 2.20 bits per heavy atom. The highest BCUT2D eigenvalue weighted by molar-refractivity contribution is 6.31. The summed E-state index contributed by atoms with van der Waals surface area (Å²) >= 11 is 5.25. The molecule has 0 aromatic rings. The minimum absolute atomic E-state index is 0.0844. The maximum atomic E-state index is 12.7. The molecular formula is C7H9ClFN. The van der Waals surface area contributed by atoms with Crippen molar-refractivity contribution < 1.29 is 4.39 Å². The highest BCUT2D eigenvalue weighted by atomic mass is 35.5. The maximum absolute atomic E-state index is 12.7. The van der Waals surface area contributed by atoms with E-state index < -0.39 is 5.83 Å². The van der Waals surface area contributed by atoms with E-state index >= 15 is 0 Å². The van der Waals surface area contributed by atoms with Gasteiger partial charge in [0.05, 0.1) is 5.03 Å². The van der Waals surface area contributed by atoms with E-state index in [1.165, 1.54) is 6.08 Å². The molecule has 0 aromatic carbocycles. The second-order valence-electron chi connectivity index (χ2n) is 1.65. The van der Waals surface area contributed by atoms with Gasteiger partial charge in [0.15, 0.2) is 0 Å². The van der Waals surface area contributed by atoms with E-state index in [4.69, 9.17) is 17.3 Å². The van der Waals surface area contributed by atoms with Crippen LogP contribution in [-0.4, -0.2) is 6.54 Å². The lowest BCUT2D eigenvalue weighted by atomic mass is 10.2. The fourth-order valence-electron chi connectivity index (χ4n) is 0.437. The Morgan fingerprint density at radius 1 is 1.70 bits per heavy atom. The molecule has 1 nitrogen and oxygen atoms in total. The molecule has 0 unspecified atom stereocenters. The molecule has 0 radical (unpaired) electrons. The highest BCUT2D eigenvalue weighted by Gasteiger charge is 2.02. The van der Waals surface area contributed by atoms with Gasteiger partial charge in [0.1, 0.15) is 5.83 Å². The number of hydrogen-bond acceptors (Lipinski definition) is 1. The third-order valence-electron chi connectivity index (χ3n) is 0.986. The number of allylic oxidation sites excluding steroid dienone is 2. The van der Waals surface area contributed by atoms with Gasteiger partial charge in [0.25, 0.3) is 0 Å². The molecular weight excluding hydrogens is 153 g/mol. The fraction of sp³-hybridized carbons (Fsp3) is 0.143. The predicted molar refractivity (Wildman–Crippen MR) is 42.4 cm³/mol. The Balaban J connectivity index is 4.59. The second-order valence-corrected chi connectivity index (χ2v) is 2.11. The van der Waals surface area contributed by atoms with Crippen LogP contribution in [0.25, 0.3) is 0 Å². The average molecular weight is 162 g/mol. The molecule has 2 N–H and O–H groups in total. The number of hydrogen-bond donors (Lipinski definition) is 1. The summed E-state index contributed by atoms with van der Waals surface area (Å²) in [5, 5.41) is -0.139. The lowest BCUT2D eigenvalue weighted by Gasteiger charge is -1.98. The summed E-state index contributed by atoms with van der Waals surface area (Å²) in [6, 6.07) is 0. The summed E-state index contributed by atoms with van der Waals surface area (Å²) in [4.78, 5) is 0. The molecule has 0 rings (SSSR count). The number of nitrogens with two attached hydrogens (primary N) is 1. The van der Waals surface area contributed by atoms with Crippen LogP contribution in [0.2, 0.25) is 0 Å². The minimum atomic E-state index is -0.584. The molecule has 56 valence electrons. The van der Waals surface area contributed by atoms with Crippen LogP contribution in [0.1, 0.15) is 0 Å². The van der Waals surface area contributed by atoms with Crippen LogP contribution in [0.4, 0.5) is 4.39 Å². The zero-order valence-electron chi connectivity index (χ0n) is 5.53. The van der Waals surface area contributed by atoms with E-state index in [1.807, 2.05) is 0 Å². The van der Waals surface area contributed by atoms with Crippen molar-refractivity contribution in [1.29, 1.82) is 0 Å². The Morgan fingerprint density at radius 3 is 2.30 bits per heavy atom. The quantitative estimate of drug-likeness (QED) is 0.631. The molecule has 10 heavy (non-hydrogen) atoms. The topological polar surface area (TPSA) is 26.0 Å². The zero-order chi connectivity index (χ0) is 8.15. The normalized spacial score (nSPS) is 12.3. The summed E-state index contributed by atoms with van der Waals surface area (Å²) in [7, 11) is 0. The van der Waals surface area contributed by atoms with E-state index in [1.54, 1.807) is 0 Å². The Labute approximate surface area is 64.7 Å². The van der Waals surface area contributed by atoms with Crippen molar-refractivity contribution in [3.63, 3.8) is 0 Å². The number of halogens is 2. The molecule has 0 aliphatic heterocycles. The van der Waals surface area contributed by atoms with Crippen molar-refractivity contribution in [3.05, 3.63) is 35.7 Å². The van der Waals surface area contributed by atoms with Crippen molar-refractivity contribution in [3.8, 4) is 0 Å².